The first-order valence-corrected chi connectivity index (χ1v) is 6.87. The zero-order chi connectivity index (χ0) is 13.4. The van der Waals surface area contributed by atoms with Gasteiger partial charge in [-0.05, 0) is 19.8 Å². The Hall–Kier alpha value is -1.83. The third kappa shape index (κ3) is 2.48. The third-order valence-corrected chi connectivity index (χ3v) is 3.68. The van der Waals surface area contributed by atoms with Crippen molar-refractivity contribution >= 4 is 17.7 Å². The molecule has 3 rings (SSSR count). The van der Waals surface area contributed by atoms with Crippen molar-refractivity contribution in [2.24, 2.45) is 0 Å². The van der Waals surface area contributed by atoms with Crippen molar-refractivity contribution in [2.45, 2.75) is 31.0 Å². The van der Waals surface area contributed by atoms with E-state index in [1.165, 1.54) is 11.8 Å². The molecule has 1 N–H and O–H groups in total. The lowest BCUT2D eigenvalue weighted by Crippen LogP contribution is -2.03. The molecule has 0 atom stereocenters. The zero-order valence-corrected chi connectivity index (χ0v) is 11.1. The minimum atomic E-state index is -0.868. The molecule has 0 amide bonds. The highest BCUT2D eigenvalue weighted by atomic mass is 32.2. The highest BCUT2D eigenvalue weighted by molar-refractivity contribution is 7.99. The quantitative estimate of drug-likeness (QED) is 0.834. The van der Waals surface area contributed by atoms with Gasteiger partial charge < -0.3 is 9.63 Å². The topological polar surface area (TPSA) is 94.0 Å². The monoisotopic (exact) mass is 280 g/mol. The minimum Gasteiger partial charge on any atom is -0.481 e. The van der Waals surface area contributed by atoms with Gasteiger partial charge in [-0.25, -0.2) is 0 Å². The van der Waals surface area contributed by atoms with Crippen molar-refractivity contribution in [2.75, 3.05) is 5.75 Å². The first-order chi connectivity index (χ1) is 9.15. The number of carboxylic acids is 1. The average molecular weight is 280 g/mol. The number of aromatic nitrogens is 4. The van der Waals surface area contributed by atoms with Crippen LogP contribution in [0.25, 0.3) is 11.6 Å². The van der Waals surface area contributed by atoms with Crippen molar-refractivity contribution in [1.29, 1.82) is 0 Å². The van der Waals surface area contributed by atoms with Gasteiger partial charge in [-0.15, -0.1) is 10.2 Å². The van der Waals surface area contributed by atoms with Crippen molar-refractivity contribution in [3.05, 3.63) is 11.8 Å². The number of carboxylic acid groups (broad SMARTS) is 1. The molecule has 7 nitrogen and oxygen atoms in total. The van der Waals surface area contributed by atoms with Gasteiger partial charge in [-0.1, -0.05) is 16.9 Å². The Morgan fingerprint density at radius 2 is 2.37 bits per heavy atom. The number of hydrogen-bond donors (Lipinski definition) is 1. The van der Waals surface area contributed by atoms with Crippen LogP contribution in [0.1, 0.15) is 24.6 Å². The van der Waals surface area contributed by atoms with E-state index in [1.54, 1.807) is 6.07 Å². The SMILES string of the molecule is Cc1cc(-c2nnc(SCC(=O)O)n2C2CC2)on1. The van der Waals surface area contributed by atoms with Crippen molar-refractivity contribution in [1.82, 2.24) is 19.9 Å². The summed E-state index contributed by atoms with van der Waals surface area (Å²) in [5.41, 5.74) is 0.778. The number of aliphatic carboxylic acids is 1. The van der Waals surface area contributed by atoms with Crippen LogP contribution in [0.15, 0.2) is 15.7 Å². The minimum absolute atomic E-state index is 0.0275. The molecule has 19 heavy (non-hydrogen) atoms. The highest BCUT2D eigenvalue weighted by Gasteiger charge is 2.31. The van der Waals surface area contributed by atoms with E-state index in [9.17, 15) is 4.79 Å². The number of carbonyl (C=O) groups is 1. The number of thioether (sulfide) groups is 1. The first-order valence-electron chi connectivity index (χ1n) is 5.88. The summed E-state index contributed by atoms with van der Waals surface area (Å²) in [7, 11) is 0. The molecule has 2 heterocycles. The summed E-state index contributed by atoms with van der Waals surface area (Å²) in [4.78, 5) is 10.6. The van der Waals surface area contributed by atoms with Crippen molar-refractivity contribution in [3.8, 4) is 11.6 Å². The second-order valence-corrected chi connectivity index (χ2v) is 5.36. The molecule has 100 valence electrons. The fourth-order valence-corrected chi connectivity index (χ4v) is 2.53. The molecule has 1 fully saturated rings. The fourth-order valence-electron chi connectivity index (χ4n) is 1.80. The largest absolute Gasteiger partial charge is 0.481 e. The van der Waals surface area contributed by atoms with Crippen molar-refractivity contribution < 1.29 is 14.4 Å². The summed E-state index contributed by atoms with van der Waals surface area (Å²) in [6.07, 6.45) is 2.11. The summed E-state index contributed by atoms with van der Waals surface area (Å²) < 4.78 is 7.16. The normalized spacial score (nSPS) is 14.8. The second kappa shape index (κ2) is 4.69. The molecule has 2 aromatic heterocycles. The van der Waals surface area contributed by atoms with Crippen LogP contribution in [-0.2, 0) is 4.79 Å². The molecule has 1 saturated carbocycles. The van der Waals surface area contributed by atoms with E-state index >= 15 is 0 Å². The first kappa shape index (κ1) is 12.2. The Bertz CT molecular complexity index is 617. The van der Waals surface area contributed by atoms with E-state index < -0.39 is 5.97 Å². The predicted molar refractivity (Wildman–Crippen MR) is 66.9 cm³/mol. The average Bonchev–Trinajstić information content (AvgIpc) is 2.97. The molecule has 1 aliphatic carbocycles. The van der Waals surface area contributed by atoms with Crippen LogP contribution < -0.4 is 0 Å². The Labute approximate surface area is 113 Å². The third-order valence-electron chi connectivity index (χ3n) is 2.75. The van der Waals surface area contributed by atoms with Gasteiger partial charge in [-0.3, -0.25) is 9.36 Å². The number of rotatable bonds is 5. The van der Waals surface area contributed by atoms with E-state index in [4.69, 9.17) is 9.63 Å². The van der Waals surface area contributed by atoms with Gasteiger partial charge in [-0.2, -0.15) is 0 Å². The molecule has 1 aliphatic rings. The molecule has 0 bridgehead atoms. The van der Waals surface area contributed by atoms with Crippen LogP contribution >= 0.6 is 11.8 Å². The van der Waals surface area contributed by atoms with Crippen LogP contribution in [0.5, 0.6) is 0 Å². The number of nitrogens with zero attached hydrogens (tertiary/aromatic N) is 4. The van der Waals surface area contributed by atoms with Gasteiger partial charge in [0.1, 0.15) is 0 Å². The zero-order valence-electron chi connectivity index (χ0n) is 10.2. The highest BCUT2D eigenvalue weighted by Crippen LogP contribution is 2.41. The molecule has 2 aromatic rings. The molecule has 0 unspecified atom stereocenters. The van der Waals surface area contributed by atoms with Crippen molar-refractivity contribution in [3.63, 3.8) is 0 Å². The van der Waals surface area contributed by atoms with Crippen LogP contribution in [0.2, 0.25) is 0 Å². The summed E-state index contributed by atoms with van der Waals surface area (Å²) in [6, 6.07) is 2.14. The lowest BCUT2D eigenvalue weighted by atomic mass is 10.3. The van der Waals surface area contributed by atoms with Gasteiger partial charge in [0.2, 0.25) is 11.6 Å². The molecule has 0 aliphatic heterocycles. The maximum atomic E-state index is 10.6. The predicted octanol–water partition coefficient (Wildman–Crippen LogP) is 1.75. The maximum Gasteiger partial charge on any atom is 0.313 e. The molecule has 0 saturated heterocycles. The Kier molecular flexibility index (Phi) is 3.02. The molecule has 8 heteroatoms. The molecular weight excluding hydrogens is 268 g/mol. The van der Waals surface area contributed by atoms with Crippen LogP contribution in [0, 0.1) is 6.92 Å². The fraction of sp³-hybridized carbons (Fsp3) is 0.455. The smallest absolute Gasteiger partial charge is 0.313 e. The van der Waals surface area contributed by atoms with E-state index in [2.05, 4.69) is 15.4 Å². The van der Waals surface area contributed by atoms with Gasteiger partial charge in [0.15, 0.2) is 5.16 Å². The van der Waals surface area contributed by atoms with Crippen LogP contribution in [0.4, 0.5) is 0 Å². The summed E-state index contributed by atoms with van der Waals surface area (Å²) in [5, 5.41) is 21.4. The van der Waals surface area contributed by atoms with Crippen LogP contribution in [-0.4, -0.2) is 36.7 Å². The van der Waals surface area contributed by atoms with E-state index in [-0.39, 0.29) is 5.75 Å². The Balaban J connectivity index is 1.94. The van der Waals surface area contributed by atoms with Crippen LogP contribution in [0.3, 0.4) is 0 Å². The lowest BCUT2D eigenvalue weighted by Gasteiger charge is -2.05. The molecular formula is C11H12N4O3S. The summed E-state index contributed by atoms with van der Waals surface area (Å²) in [6.45, 7) is 1.84. The maximum absolute atomic E-state index is 10.6. The number of aryl methyl sites for hydroxylation is 1. The number of hydrogen-bond acceptors (Lipinski definition) is 6. The van der Waals surface area contributed by atoms with E-state index in [0.717, 1.165) is 18.5 Å². The van der Waals surface area contributed by atoms with E-state index in [0.29, 0.717) is 22.8 Å². The Morgan fingerprint density at radius 3 is 2.95 bits per heavy atom. The van der Waals surface area contributed by atoms with E-state index in [1.807, 2.05) is 11.5 Å². The summed E-state index contributed by atoms with van der Waals surface area (Å²) >= 11 is 1.17. The molecule has 0 radical (unpaired) electrons. The standard InChI is InChI=1S/C11H12N4O3S/c1-6-4-8(18-14-6)10-12-13-11(19-5-9(16)17)15(10)7-2-3-7/h4,7H,2-3,5H2,1H3,(H,16,17). The van der Waals surface area contributed by atoms with Gasteiger partial charge in [0.05, 0.1) is 11.4 Å². The second-order valence-electron chi connectivity index (χ2n) is 4.42. The Morgan fingerprint density at radius 1 is 1.58 bits per heavy atom. The lowest BCUT2D eigenvalue weighted by molar-refractivity contribution is -0.133. The van der Waals surface area contributed by atoms with Gasteiger partial charge >= 0.3 is 5.97 Å². The molecule has 0 aromatic carbocycles. The van der Waals surface area contributed by atoms with Gasteiger partial charge in [0.25, 0.3) is 0 Å². The summed E-state index contributed by atoms with van der Waals surface area (Å²) in [5.74, 6) is 0.294. The molecule has 0 spiro atoms. The van der Waals surface area contributed by atoms with Gasteiger partial charge in [0, 0.05) is 12.1 Å².